The molecule has 3 aliphatic rings. The van der Waals surface area contributed by atoms with Crippen LogP contribution in [0.2, 0.25) is 0 Å². The molecule has 1 aromatic rings. The summed E-state index contributed by atoms with van der Waals surface area (Å²) in [6.45, 7) is 2.01. The molecule has 2 fully saturated rings. The minimum atomic E-state index is 0.238. The lowest BCUT2D eigenvalue weighted by molar-refractivity contribution is -0.0977. The maximum absolute atomic E-state index is 6.18. The fraction of sp³-hybridized carbons (Fsp3) is 0.647. The van der Waals surface area contributed by atoms with E-state index in [4.69, 9.17) is 4.74 Å². The van der Waals surface area contributed by atoms with E-state index in [-0.39, 0.29) is 5.60 Å². The average Bonchev–Trinajstić information content (AvgIpc) is 3.06. The highest BCUT2D eigenvalue weighted by Crippen LogP contribution is 2.46. The predicted molar refractivity (Wildman–Crippen MR) is 75.9 cm³/mol. The van der Waals surface area contributed by atoms with Crippen molar-refractivity contribution >= 4 is 0 Å². The lowest BCUT2D eigenvalue weighted by atomic mass is 9.79. The third kappa shape index (κ3) is 2.02. The first-order valence-corrected chi connectivity index (χ1v) is 7.82. The van der Waals surface area contributed by atoms with Gasteiger partial charge in [-0.3, -0.25) is 0 Å². The molecule has 1 spiro atoms. The summed E-state index contributed by atoms with van der Waals surface area (Å²) >= 11 is 0. The van der Waals surface area contributed by atoms with E-state index in [0.29, 0.717) is 6.04 Å². The van der Waals surface area contributed by atoms with E-state index in [2.05, 4.69) is 29.6 Å². The van der Waals surface area contributed by atoms with Crippen LogP contribution in [0.3, 0.4) is 0 Å². The van der Waals surface area contributed by atoms with E-state index < -0.39 is 0 Å². The van der Waals surface area contributed by atoms with Crippen LogP contribution in [-0.2, 0) is 11.3 Å². The quantitative estimate of drug-likeness (QED) is 0.830. The van der Waals surface area contributed by atoms with Gasteiger partial charge in [-0.1, -0.05) is 37.1 Å². The van der Waals surface area contributed by atoms with Crippen molar-refractivity contribution in [2.75, 3.05) is 6.61 Å². The van der Waals surface area contributed by atoms with Crippen LogP contribution in [-0.4, -0.2) is 12.2 Å². The Hall–Kier alpha value is -0.860. The minimum absolute atomic E-state index is 0.238. The first kappa shape index (κ1) is 11.9. The zero-order valence-electron chi connectivity index (χ0n) is 11.5. The van der Waals surface area contributed by atoms with E-state index in [0.717, 1.165) is 19.1 Å². The van der Waals surface area contributed by atoms with Gasteiger partial charge in [-0.2, -0.15) is 0 Å². The molecule has 2 nitrogen and oxygen atoms in total. The van der Waals surface area contributed by atoms with Crippen LogP contribution in [0.25, 0.3) is 0 Å². The Bertz CT molecular complexity index is 464. The zero-order chi connectivity index (χ0) is 12.7. The highest BCUT2D eigenvalue weighted by Gasteiger charge is 2.43. The monoisotopic (exact) mass is 257 g/mol. The summed E-state index contributed by atoms with van der Waals surface area (Å²) in [6.07, 6.45) is 7.78. The van der Waals surface area contributed by atoms with Gasteiger partial charge in [0.25, 0.3) is 0 Å². The summed E-state index contributed by atoms with van der Waals surface area (Å²) in [5, 5.41) is 3.74. The van der Waals surface area contributed by atoms with Crippen molar-refractivity contribution in [1.29, 1.82) is 0 Å². The van der Waals surface area contributed by atoms with Crippen LogP contribution < -0.4 is 5.32 Å². The minimum Gasteiger partial charge on any atom is -0.375 e. The summed E-state index contributed by atoms with van der Waals surface area (Å²) in [6, 6.07) is 9.50. The SMILES string of the molecule is c1ccc2c(c1)CNC2C1CCOC2(CCCC2)C1. The number of rotatable bonds is 1. The highest BCUT2D eigenvalue weighted by atomic mass is 16.5. The topological polar surface area (TPSA) is 21.3 Å². The summed E-state index contributed by atoms with van der Waals surface area (Å²) in [7, 11) is 0. The molecular weight excluding hydrogens is 234 g/mol. The molecule has 1 N–H and O–H groups in total. The lowest BCUT2D eigenvalue weighted by Crippen LogP contribution is -2.40. The first-order valence-electron chi connectivity index (χ1n) is 7.82. The molecule has 4 rings (SSSR count). The Labute approximate surface area is 115 Å². The normalized spacial score (nSPS) is 32.6. The van der Waals surface area contributed by atoms with Gasteiger partial charge in [0.2, 0.25) is 0 Å². The summed E-state index contributed by atoms with van der Waals surface area (Å²) in [5.74, 6) is 0.760. The second-order valence-corrected chi connectivity index (χ2v) is 6.55. The van der Waals surface area contributed by atoms with Crippen molar-refractivity contribution in [1.82, 2.24) is 5.32 Å². The number of ether oxygens (including phenoxy) is 1. The Balaban J connectivity index is 1.57. The van der Waals surface area contributed by atoms with Gasteiger partial charge in [0.1, 0.15) is 0 Å². The molecule has 2 atom stereocenters. The van der Waals surface area contributed by atoms with E-state index in [1.807, 2.05) is 0 Å². The van der Waals surface area contributed by atoms with Gasteiger partial charge in [0.05, 0.1) is 5.60 Å². The molecule has 0 amide bonds. The van der Waals surface area contributed by atoms with Crippen LogP contribution in [0, 0.1) is 5.92 Å². The average molecular weight is 257 g/mol. The van der Waals surface area contributed by atoms with Gasteiger partial charge in [0, 0.05) is 19.2 Å². The Morgan fingerprint density at radius 2 is 2.00 bits per heavy atom. The van der Waals surface area contributed by atoms with Crippen molar-refractivity contribution < 1.29 is 4.74 Å². The van der Waals surface area contributed by atoms with Crippen molar-refractivity contribution in [3.8, 4) is 0 Å². The van der Waals surface area contributed by atoms with Gasteiger partial charge < -0.3 is 10.1 Å². The molecule has 2 unspecified atom stereocenters. The molecule has 1 saturated carbocycles. The predicted octanol–water partition coefficient (Wildman–Crippen LogP) is 3.57. The number of fused-ring (bicyclic) bond motifs is 1. The molecule has 2 heteroatoms. The van der Waals surface area contributed by atoms with Gasteiger partial charge in [0.15, 0.2) is 0 Å². The summed E-state index contributed by atoms with van der Waals surface area (Å²) in [5.41, 5.74) is 3.28. The Morgan fingerprint density at radius 1 is 1.16 bits per heavy atom. The molecule has 2 heterocycles. The van der Waals surface area contributed by atoms with Crippen LogP contribution in [0.1, 0.15) is 55.7 Å². The highest BCUT2D eigenvalue weighted by molar-refractivity contribution is 5.34. The van der Waals surface area contributed by atoms with Crippen LogP contribution in [0.4, 0.5) is 0 Å². The fourth-order valence-corrected chi connectivity index (χ4v) is 4.47. The lowest BCUT2D eigenvalue weighted by Gasteiger charge is -2.40. The molecule has 1 aromatic carbocycles. The largest absolute Gasteiger partial charge is 0.375 e. The smallest absolute Gasteiger partial charge is 0.0686 e. The van der Waals surface area contributed by atoms with Gasteiger partial charge in [-0.15, -0.1) is 0 Å². The summed E-state index contributed by atoms with van der Waals surface area (Å²) < 4.78 is 6.18. The molecule has 0 bridgehead atoms. The molecule has 1 saturated heterocycles. The standard InChI is InChI=1S/C17H23NO/c1-2-6-15-14(5-1)12-18-16(15)13-7-10-19-17(11-13)8-3-4-9-17/h1-2,5-6,13,16,18H,3-4,7-12H2. The summed E-state index contributed by atoms with van der Waals surface area (Å²) in [4.78, 5) is 0. The van der Waals surface area contributed by atoms with Gasteiger partial charge in [-0.25, -0.2) is 0 Å². The van der Waals surface area contributed by atoms with Crippen LogP contribution >= 0.6 is 0 Å². The molecule has 0 radical (unpaired) electrons. The number of hydrogen-bond donors (Lipinski definition) is 1. The van der Waals surface area contributed by atoms with Gasteiger partial charge in [-0.05, 0) is 42.7 Å². The molecule has 102 valence electrons. The van der Waals surface area contributed by atoms with E-state index >= 15 is 0 Å². The van der Waals surface area contributed by atoms with E-state index in [9.17, 15) is 0 Å². The third-order valence-corrected chi connectivity index (χ3v) is 5.42. The molecule has 2 aliphatic heterocycles. The molecule has 0 aromatic heterocycles. The second-order valence-electron chi connectivity index (χ2n) is 6.55. The maximum Gasteiger partial charge on any atom is 0.0686 e. The van der Waals surface area contributed by atoms with Gasteiger partial charge >= 0.3 is 0 Å². The van der Waals surface area contributed by atoms with E-state index in [1.54, 1.807) is 5.56 Å². The fourth-order valence-electron chi connectivity index (χ4n) is 4.47. The second kappa shape index (κ2) is 4.60. The van der Waals surface area contributed by atoms with Crippen molar-refractivity contribution in [3.63, 3.8) is 0 Å². The van der Waals surface area contributed by atoms with Crippen LogP contribution in [0.5, 0.6) is 0 Å². The molecular formula is C17H23NO. The molecule has 19 heavy (non-hydrogen) atoms. The van der Waals surface area contributed by atoms with Crippen molar-refractivity contribution in [2.45, 2.75) is 56.7 Å². The van der Waals surface area contributed by atoms with Crippen molar-refractivity contribution in [3.05, 3.63) is 35.4 Å². The van der Waals surface area contributed by atoms with Crippen LogP contribution in [0.15, 0.2) is 24.3 Å². The van der Waals surface area contributed by atoms with Crippen molar-refractivity contribution in [2.24, 2.45) is 5.92 Å². The number of nitrogens with one attached hydrogen (secondary N) is 1. The first-order chi connectivity index (χ1) is 9.36. The Kier molecular flexibility index (Phi) is 2.89. The molecule has 1 aliphatic carbocycles. The third-order valence-electron chi connectivity index (χ3n) is 5.42. The van der Waals surface area contributed by atoms with E-state index in [1.165, 1.54) is 44.1 Å². The number of hydrogen-bond acceptors (Lipinski definition) is 2. The maximum atomic E-state index is 6.18. The zero-order valence-corrected chi connectivity index (χ0v) is 11.5. The Morgan fingerprint density at radius 3 is 2.89 bits per heavy atom. The number of benzene rings is 1.